The summed E-state index contributed by atoms with van der Waals surface area (Å²) in [6, 6.07) is 9.32. The van der Waals surface area contributed by atoms with Gasteiger partial charge < -0.3 is 20.7 Å². The van der Waals surface area contributed by atoms with Gasteiger partial charge in [0.1, 0.15) is 0 Å². The quantitative estimate of drug-likeness (QED) is 0.192. The Labute approximate surface area is 240 Å². The Kier molecular flexibility index (Phi) is 11.2. The number of nitrogens with one attached hydrogen (secondary N) is 3. The van der Waals surface area contributed by atoms with Crippen molar-refractivity contribution in [3.05, 3.63) is 54.2 Å². The number of hydrogen-bond acceptors (Lipinski definition) is 4. The van der Waals surface area contributed by atoms with Gasteiger partial charge in [-0.3, -0.25) is 0 Å². The molecule has 39 heavy (non-hydrogen) atoms. The normalized spacial score (nSPS) is 26.9. The van der Waals surface area contributed by atoms with E-state index in [1.807, 2.05) is 14.2 Å². The zero-order valence-corrected chi connectivity index (χ0v) is 26.5. The fourth-order valence-corrected chi connectivity index (χ4v) is 7.56. The van der Waals surface area contributed by atoms with Crippen molar-refractivity contribution in [2.24, 2.45) is 29.1 Å². The van der Waals surface area contributed by atoms with Crippen LogP contribution >= 0.6 is 0 Å². The van der Waals surface area contributed by atoms with Gasteiger partial charge in [-0.15, -0.1) is 0 Å². The van der Waals surface area contributed by atoms with Crippen LogP contribution in [0.4, 0.5) is 0 Å². The van der Waals surface area contributed by atoms with Crippen molar-refractivity contribution < 1.29 is 4.74 Å². The number of unbranched alkanes of at least 4 members (excludes halogenated alkanes) is 1. The summed E-state index contributed by atoms with van der Waals surface area (Å²) in [4.78, 5) is 0. The van der Waals surface area contributed by atoms with E-state index in [9.17, 15) is 0 Å². The maximum Gasteiger partial charge on any atom is 0.0778 e. The molecule has 220 valence electrons. The standard InChI is InChI=1S/C35H59N3O/c1-11-12-13-27-14-16-28(17-15-27)25(4)38-32(23-36-9)26(5)37-31(20-24(2)3)19-18-29-21-30-22-33(34(30,6)7)35(29,8)39-10/h14-17,24,29-33,36-38H,4-5,11-13,18-23H2,1-3,6-10H3. The highest BCUT2D eigenvalue weighted by Gasteiger charge is 2.63. The van der Waals surface area contributed by atoms with Gasteiger partial charge in [0, 0.05) is 31.1 Å². The summed E-state index contributed by atoms with van der Waals surface area (Å²) in [6.07, 6.45) is 9.71. The highest BCUT2D eigenvalue weighted by molar-refractivity contribution is 5.62. The smallest absolute Gasteiger partial charge is 0.0778 e. The molecule has 6 unspecified atom stereocenters. The largest absolute Gasteiger partial charge is 0.384 e. The number of aryl methyl sites for hydroxylation is 1. The number of likely N-dealkylation sites (N-methyl/N-ethyl adjacent to an activating group) is 1. The number of hydrogen-bond donors (Lipinski definition) is 3. The summed E-state index contributed by atoms with van der Waals surface area (Å²) in [5.74, 6) is 2.76. The fourth-order valence-electron chi connectivity index (χ4n) is 7.56. The monoisotopic (exact) mass is 537 g/mol. The minimum atomic E-state index is -0.0162. The van der Waals surface area contributed by atoms with Gasteiger partial charge in [-0.2, -0.15) is 0 Å². The minimum Gasteiger partial charge on any atom is -0.384 e. The molecule has 1 aromatic rings. The molecule has 0 spiro atoms. The summed E-state index contributed by atoms with van der Waals surface area (Å²) >= 11 is 0. The molecule has 3 saturated carbocycles. The third-order valence-corrected chi connectivity index (χ3v) is 10.3. The van der Waals surface area contributed by atoms with Gasteiger partial charge in [0.2, 0.25) is 0 Å². The first-order valence-electron chi connectivity index (χ1n) is 15.7. The van der Waals surface area contributed by atoms with Crippen LogP contribution in [-0.2, 0) is 11.2 Å². The van der Waals surface area contributed by atoms with E-state index < -0.39 is 0 Å². The number of methoxy groups -OCH3 is 1. The van der Waals surface area contributed by atoms with Gasteiger partial charge in [-0.25, -0.2) is 0 Å². The van der Waals surface area contributed by atoms with Crippen molar-refractivity contribution in [2.75, 3.05) is 20.7 Å². The van der Waals surface area contributed by atoms with E-state index >= 15 is 0 Å². The second kappa shape index (κ2) is 13.7. The van der Waals surface area contributed by atoms with Crippen LogP contribution in [0.25, 0.3) is 5.70 Å². The molecule has 4 heteroatoms. The van der Waals surface area contributed by atoms with Crippen molar-refractivity contribution in [1.82, 2.24) is 16.0 Å². The Morgan fingerprint density at radius 2 is 1.77 bits per heavy atom. The van der Waals surface area contributed by atoms with Crippen LogP contribution < -0.4 is 16.0 Å². The number of ether oxygens (including phenoxy) is 1. The molecule has 4 nitrogen and oxygen atoms in total. The summed E-state index contributed by atoms with van der Waals surface area (Å²) in [6.45, 7) is 23.9. The highest BCUT2D eigenvalue weighted by atomic mass is 16.5. The third kappa shape index (κ3) is 7.50. The van der Waals surface area contributed by atoms with Crippen LogP contribution in [0.5, 0.6) is 0 Å². The lowest BCUT2D eigenvalue weighted by atomic mass is 9.41. The van der Waals surface area contributed by atoms with E-state index in [4.69, 9.17) is 4.74 Å². The van der Waals surface area contributed by atoms with Crippen molar-refractivity contribution in [3.8, 4) is 0 Å². The van der Waals surface area contributed by atoms with Crippen LogP contribution in [-0.4, -0.2) is 38.4 Å². The molecule has 0 heterocycles. The molecule has 3 aliphatic rings. The van der Waals surface area contributed by atoms with Crippen molar-refractivity contribution in [1.29, 1.82) is 0 Å². The number of fused-ring (bicyclic) bond motifs is 2. The van der Waals surface area contributed by atoms with E-state index in [-0.39, 0.29) is 11.6 Å². The molecular weight excluding hydrogens is 478 g/mol. The van der Waals surface area contributed by atoms with E-state index in [1.165, 1.54) is 37.7 Å². The predicted molar refractivity (Wildman–Crippen MR) is 169 cm³/mol. The summed E-state index contributed by atoms with van der Waals surface area (Å²) in [7, 11) is 3.94. The third-order valence-electron chi connectivity index (χ3n) is 10.3. The second-order valence-corrected chi connectivity index (χ2v) is 13.7. The van der Waals surface area contributed by atoms with Gasteiger partial charge in [-0.1, -0.05) is 78.5 Å². The van der Waals surface area contributed by atoms with Gasteiger partial charge in [-0.05, 0) is 99.1 Å². The van der Waals surface area contributed by atoms with Crippen LogP contribution in [0, 0.1) is 29.1 Å². The SMILES string of the molecule is C=C(NC(CNC)C(=C)NC(CCC1CC2CC(C2(C)C)C1(C)OC)CC(C)C)c1ccc(CCCC)cc1. The lowest BCUT2D eigenvalue weighted by molar-refractivity contribution is -0.238. The lowest BCUT2D eigenvalue weighted by Gasteiger charge is -2.66. The Hall–Kier alpha value is -1.78. The number of rotatable bonds is 17. The van der Waals surface area contributed by atoms with E-state index in [0.29, 0.717) is 29.2 Å². The zero-order valence-electron chi connectivity index (χ0n) is 26.5. The molecule has 2 bridgehead atoms. The van der Waals surface area contributed by atoms with Crippen molar-refractivity contribution in [2.45, 2.75) is 111 Å². The van der Waals surface area contributed by atoms with Gasteiger partial charge in [0.25, 0.3) is 0 Å². The van der Waals surface area contributed by atoms with Crippen LogP contribution in [0.2, 0.25) is 0 Å². The first-order valence-corrected chi connectivity index (χ1v) is 15.7. The molecular formula is C35H59N3O. The second-order valence-electron chi connectivity index (χ2n) is 13.7. The molecule has 3 N–H and O–H groups in total. The highest BCUT2D eigenvalue weighted by Crippen LogP contribution is 2.66. The zero-order chi connectivity index (χ0) is 28.8. The molecule has 4 rings (SSSR count). The Balaban J connectivity index is 1.62. The predicted octanol–water partition coefficient (Wildman–Crippen LogP) is 7.56. The molecule has 3 fully saturated rings. The van der Waals surface area contributed by atoms with E-state index in [1.54, 1.807) is 0 Å². The van der Waals surface area contributed by atoms with E-state index in [2.05, 4.69) is 94.9 Å². The molecule has 1 aromatic carbocycles. The maximum atomic E-state index is 6.29. The van der Waals surface area contributed by atoms with Gasteiger partial charge in [0.15, 0.2) is 0 Å². The molecule has 0 aliphatic heterocycles. The Morgan fingerprint density at radius 3 is 2.33 bits per heavy atom. The Bertz CT molecular complexity index is 936. The van der Waals surface area contributed by atoms with E-state index in [0.717, 1.165) is 48.7 Å². The Morgan fingerprint density at radius 1 is 1.08 bits per heavy atom. The summed E-state index contributed by atoms with van der Waals surface area (Å²) in [5, 5.41) is 10.9. The van der Waals surface area contributed by atoms with Crippen LogP contribution in [0.1, 0.15) is 97.6 Å². The fraction of sp³-hybridized carbons (Fsp3) is 0.714. The molecule has 0 radical (unpaired) electrons. The molecule has 6 atom stereocenters. The topological polar surface area (TPSA) is 45.3 Å². The maximum absolute atomic E-state index is 6.29. The van der Waals surface area contributed by atoms with Gasteiger partial charge >= 0.3 is 0 Å². The van der Waals surface area contributed by atoms with Crippen LogP contribution in [0.15, 0.2) is 43.1 Å². The summed E-state index contributed by atoms with van der Waals surface area (Å²) < 4.78 is 6.29. The molecule has 3 aliphatic carbocycles. The first kappa shape index (κ1) is 31.7. The van der Waals surface area contributed by atoms with Crippen LogP contribution in [0.3, 0.4) is 0 Å². The van der Waals surface area contributed by atoms with Crippen molar-refractivity contribution >= 4 is 5.70 Å². The van der Waals surface area contributed by atoms with Gasteiger partial charge in [0.05, 0.1) is 11.6 Å². The lowest BCUT2D eigenvalue weighted by Crippen LogP contribution is -2.65. The van der Waals surface area contributed by atoms with Crippen molar-refractivity contribution in [3.63, 3.8) is 0 Å². The summed E-state index contributed by atoms with van der Waals surface area (Å²) in [5.41, 5.74) is 4.91. The average molecular weight is 538 g/mol. The molecule has 0 saturated heterocycles. The first-order chi connectivity index (χ1) is 18.5. The molecule has 0 amide bonds. The molecule has 0 aromatic heterocycles. The minimum absolute atomic E-state index is 0.0162. The average Bonchev–Trinajstić information content (AvgIpc) is 2.90. The number of benzene rings is 1.